The maximum Gasteiger partial charge on any atom is 0.244 e. The van der Waals surface area contributed by atoms with Gasteiger partial charge in [-0.3, -0.25) is 4.79 Å². The molecular weight excluding hydrogens is 252 g/mol. The molecule has 0 saturated carbocycles. The van der Waals surface area contributed by atoms with E-state index in [1.165, 1.54) is 5.56 Å². The molecular formula is C13H19ClN2O2. The molecule has 0 radical (unpaired) electrons. The third-order valence-corrected chi connectivity index (χ3v) is 2.92. The number of rotatable bonds is 2. The van der Waals surface area contributed by atoms with Crippen molar-refractivity contribution in [3.8, 4) is 0 Å². The van der Waals surface area contributed by atoms with Crippen LogP contribution in [0.5, 0.6) is 0 Å². The third kappa shape index (κ3) is 3.70. The lowest BCUT2D eigenvalue weighted by Crippen LogP contribution is -2.53. The molecule has 1 heterocycles. The van der Waals surface area contributed by atoms with E-state index in [0.29, 0.717) is 6.61 Å². The predicted molar refractivity (Wildman–Crippen MR) is 74.3 cm³/mol. The number of amides is 1. The summed E-state index contributed by atoms with van der Waals surface area (Å²) in [6, 6.07) is 7.49. The highest BCUT2D eigenvalue weighted by atomic mass is 35.5. The van der Waals surface area contributed by atoms with E-state index in [9.17, 15) is 4.79 Å². The molecule has 2 rings (SSSR count). The number of carbonyl (C=O) groups is 1. The van der Waals surface area contributed by atoms with Crippen LogP contribution in [0, 0.1) is 6.92 Å². The van der Waals surface area contributed by atoms with Crippen molar-refractivity contribution in [1.82, 2.24) is 5.32 Å². The molecule has 0 bridgehead atoms. The summed E-state index contributed by atoms with van der Waals surface area (Å²) in [7, 11) is 0. The van der Waals surface area contributed by atoms with Gasteiger partial charge >= 0.3 is 0 Å². The van der Waals surface area contributed by atoms with E-state index in [1.54, 1.807) is 0 Å². The summed E-state index contributed by atoms with van der Waals surface area (Å²) >= 11 is 0. The Hall–Kier alpha value is -1.10. The van der Waals surface area contributed by atoms with Crippen molar-refractivity contribution < 1.29 is 9.53 Å². The molecule has 18 heavy (non-hydrogen) atoms. The lowest BCUT2D eigenvalue weighted by molar-refractivity contribution is -0.123. The summed E-state index contributed by atoms with van der Waals surface area (Å²) in [6.07, 6.45) is -0.0887. The van der Waals surface area contributed by atoms with Crippen LogP contribution < -0.4 is 10.6 Å². The maximum atomic E-state index is 12.0. The van der Waals surface area contributed by atoms with E-state index in [-0.39, 0.29) is 30.5 Å². The molecule has 1 aromatic carbocycles. The van der Waals surface area contributed by atoms with Crippen LogP contribution in [0.15, 0.2) is 24.3 Å². The second-order valence-electron chi connectivity index (χ2n) is 4.36. The van der Waals surface area contributed by atoms with E-state index in [0.717, 1.165) is 12.2 Å². The van der Waals surface area contributed by atoms with Gasteiger partial charge in [0.05, 0.1) is 12.7 Å². The lowest BCUT2D eigenvalue weighted by Gasteiger charge is -2.29. The molecule has 1 aromatic rings. The minimum absolute atomic E-state index is 0. The van der Waals surface area contributed by atoms with Crippen molar-refractivity contribution in [3.63, 3.8) is 0 Å². The number of anilines is 1. The van der Waals surface area contributed by atoms with E-state index in [4.69, 9.17) is 4.74 Å². The molecule has 2 N–H and O–H groups in total. The zero-order valence-electron chi connectivity index (χ0n) is 10.6. The van der Waals surface area contributed by atoms with Crippen molar-refractivity contribution >= 4 is 24.0 Å². The van der Waals surface area contributed by atoms with Crippen molar-refractivity contribution in [3.05, 3.63) is 29.8 Å². The van der Waals surface area contributed by atoms with Gasteiger partial charge < -0.3 is 15.4 Å². The van der Waals surface area contributed by atoms with Gasteiger partial charge in [0.1, 0.15) is 6.04 Å². The Bertz CT molecular complexity index is 394. The topological polar surface area (TPSA) is 50.4 Å². The zero-order chi connectivity index (χ0) is 12.3. The van der Waals surface area contributed by atoms with Crippen molar-refractivity contribution in [2.75, 3.05) is 18.5 Å². The number of hydrogen-bond acceptors (Lipinski definition) is 3. The molecule has 0 aliphatic carbocycles. The van der Waals surface area contributed by atoms with Gasteiger partial charge in [0.2, 0.25) is 5.91 Å². The Balaban J connectivity index is 0.00000162. The number of carbonyl (C=O) groups excluding carboxylic acids is 1. The SMILES string of the molecule is Cc1ccc(NC(=O)[C@H]2NCCO[C@@H]2C)cc1.Cl. The van der Waals surface area contributed by atoms with E-state index >= 15 is 0 Å². The van der Waals surface area contributed by atoms with E-state index in [1.807, 2.05) is 38.1 Å². The fraction of sp³-hybridized carbons (Fsp3) is 0.462. The molecule has 0 spiro atoms. The fourth-order valence-electron chi connectivity index (χ4n) is 1.88. The number of halogens is 1. The van der Waals surface area contributed by atoms with Crippen molar-refractivity contribution in [1.29, 1.82) is 0 Å². The predicted octanol–water partition coefficient (Wildman–Crippen LogP) is 1.73. The lowest BCUT2D eigenvalue weighted by atomic mass is 10.1. The number of benzene rings is 1. The van der Waals surface area contributed by atoms with Crippen molar-refractivity contribution in [2.24, 2.45) is 0 Å². The van der Waals surface area contributed by atoms with Crippen LogP contribution in [0.3, 0.4) is 0 Å². The summed E-state index contributed by atoms with van der Waals surface area (Å²) < 4.78 is 5.45. The molecule has 0 unspecified atom stereocenters. The molecule has 5 heteroatoms. The van der Waals surface area contributed by atoms with Crippen molar-refractivity contribution in [2.45, 2.75) is 26.0 Å². The second-order valence-corrected chi connectivity index (χ2v) is 4.36. The highest BCUT2D eigenvalue weighted by Gasteiger charge is 2.28. The Morgan fingerprint density at radius 1 is 1.39 bits per heavy atom. The maximum absolute atomic E-state index is 12.0. The molecule has 1 saturated heterocycles. The van der Waals surface area contributed by atoms with Crippen LogP contribution >= 0.6 is 12.4 Å². The minimum atomic E-state index is -0.273. The standard InChI is InChI=1S/C13H18N2O2.ClH/c1-9-3-5-11(6-4-9)15-13(16)12-10(2)17-8-7-14-12;/h3-6,10,12,14H,7-8H2,1-2H3,(H,15,16);1H/t10-,12+;/m1./s1. The number of hydrogen-bond donors (Lipinski definition) is 2. The normalized spacial score (nSPS) is 23.0. The number of ether oxygens (including phenoxy) is 1. The van der Waals surface area contributed by atoms with Crippen LogP contribution in [-0.2, 0) is 9.53 Å². The van der Waals surface area contributed by atoms with E-state index in [2.05, 4.69) is 10.6 Å². The van der Waals surface area contributed by atoms with Crippen LogP contribution in [-0.4, -0.2) is 31.2 Å². The van der Waals surface area contributed by atoms with Gasteiger partial charge in [0, 0.05) is 12.2 Å². The van der Waals surface area contributed by atoms with Gasteiger partial charge in [-0.2, -0.15) is 0 Å². The first-order valence-electron chi connectivity index (χ1n) is 5.89. The fourth-order valence-corrected chi connectivity index (χ4v) is 1.88. The Morgan fingerprint density at radius 2 is 2.06 bits per heavy atom. The number of nitrogens with one attached hydrogen (secondary N) is 2. The Labute approximate surface area is 114 Å². The first-order chi connectivity index (χ1) is 8.16. The van der Waals surface area contributed by atoms with E-state index < -0.39 is 0 Å². The van der Waals surface area contributed by atoms with Crippen LogP contribution in [0.4, 0.5) is 5.69 Å². The third-order valence-electron chi connectivity index (χ3n) is 2.92. The van der Waals surface area contributed by atoms with Gasteiger partial charge in [0.15, 0.2) is 0 Å². The molecule has 1 fully saturated rings. The average molecular weight is 271 g/mol. The number of aryl methyl sites for hydroxylation is 1. The Morgan fingerprint density at radius 3 is 2.67 bits per heavy atom. The van der Waals surface area contributed by atoms with Crippen LogP contribution in [0.1, 0.15) is 12.5 Å². The average Bonchev–Trinajstić information content (AvgIpc) is 2.32. The number of morpholine rings is 1. The summed E-state index contributed by atoms with van der Waals surface area (Å²) in [6.45, 7) is 5.31. The highest BCUT2D eigenvalue weighted by molar-refractivity contribution is 5.95. The quantitative estimate of drug-likeness (QED) is 0.861. The van der Waals surface area contributed by atoms with Gasteiger partial charge in [-0.15, -0.1) is 12.4 Å². The van der Waals surface area contributed by atoms with Gasteiger partial charge in [0.25, 0.3) is 0 Å². The molecule has 100 valence electrons. The second kappa shape index (κ2) is 6.73. The summed E-state index contributed by atoms with van der Waals surface area (Å²) in [5.74, 6) is -0.0407. The van der Waals surface area contributed by atoms with Gasteiger partial charge in [-0.1, -0.05) is 17.7 Å². The monoisotopic (exact) mass is 270 g/mol. The first-order valence-corrected chi connectivity index (χ1v) is 5.89. The summed E-state index contributed by atoms with van der Waals surface area (Å²) in [5.41, 5.74) is 2.00. The van der Waals surface area contributed by atoms with Crippen LogP contribution in [0.25, 0.3) is 0 Å². The van der Waals surface area contributed by atoms with Crippen LogP contribution in [0.2, 0.25) is 0 Å². The molecule has 1 amide bonds. The Kier molecular flexibility index (Phi) is 5.59. The van der Waals surface area contributed by atoms with Gasteiger partial charge in [-0.25, -0.2) is 0 Å². The molecule has 1 aliphatic heterocycles. The molecule has 1 aliphatic rings. The first kappa shape index (κ1) is 15.0. The molecule has 2 atom stereocenters. The largest absolute Gasteiger partial charge is 0.375 e. The highest BCUT2D eigenvalue weighted by Crippen LogP contribution is 2.11. The summed E-state index contributed by atoms with van der Waals surface area (Å²) in [4.78, 5) is 12.0. The van der Waals surface area contributed by atoms with Gasteiger partial charge in [-0.05, 0) is 26.0 Å². The minimum Gasteiger partial charge on any atom is -0.375 e. The zero-order valence-corrected chi connectivity index (χ0v) is 11.4. The molecule has 0 aromatic heterocycles. The molecule has 4 nitrogen and oxygen atoms in total. The smallest absolute Gasteiger partial charge is 0.244 e. The summed E-state index contributed by atoms with van der Waals surface area (Å²) in [5, 5.41) is 6.05.